The van der Waals surface area contributed by atoms with Crippen LogP contribution in [-0.2, 0) is 0 Å². The van der Waals surface area contributed by atoms with Crippen LogP contribution in [0.15, 0.2) is 18.2 Å². The Kier molecular flexibility index (Phi) is 3.78. The van der Waals surface area contributed by atoms with Crippen molar-refractivity contribution in [3.05, 3.63) is 23.8 Å². The number of hydrogen-bond donors (Lipinski definition) is 1. The fourth-order valence-corrected chi connectivity index (χ4v) is 2.87. The normalized spacial score (nSPS) is 20.6. The zero-order valence-corrected chi connectivity index (χ0v) is 11.6. The van der Waals surface area contributed by atoms with Crippen molar-refractivity contribution >= 4 is 11.4 Å². The maximum absolute atomic E-state index is 13.1. The van der Waals surface area contributed by atoms with Gasteiger partial charge < -0.3 is 10.6 Å². The minimum atomic E-state index is -2.47. The summed E-state index contributed by atoms with van der Waals surface area (Å²) in [7, 11) is 0. The summed E-state index contributed by atoms with van der Waals surface area (Å²) in [5.74, 6) is 0.884. The first-order valence-electron chi connectivity index (χ1n) is 7.28. The van der Waals surface area contributed by atoms with E-state index in [0.29, 0.717) is 11.4 Å². The molecule has 0 spiro atoms. The number of halogens is 2. The van der Waals surface area contributed by atoms with Crippen LogP contribution in [-0.4, -0.2) is 37.6 Å². The Hall–Kier alpha value is -1.36. The standard InChI is InChI=1S/C15H21F2N3/c16-15(17)13-9-12(18)3-4-14(13)20-7-5-19(6-8-20)10-11-1-2-11/h3-4,9,11,15H,1-2,5-8,10,18H2. The highest BCUT2D eigenvalue weighted by Crippen LogP contribution is 2.33. The summed E-state index contributed by atoms with van der Waals surface area (Å²) < 4.78 is 26.3. The molecule has 0 amide bonds. The number of piperazine rings is 1. The third-order valence-electron chi connectivity index (χ3n) is 4.21. The van der Waals surface area contributed by atoms with Crippen molar-refractivity contribution in [1.82, 2.24) is 4.90 Å². The summed E-state index contributed by atoms with van der Waals surface area (Å²) >= 11 is 0. The van der Waals surface area contributed by atoms with Gasteiger partial charge in [-0.2, -0.15) is 0 Å². The Morgan fingerprint density at radius 2 is 1.85 bits per heavy atom. The van der Waals surface area contributed by atoms with E-state index in [1.54, 1.807) is 12.1 Å². The molecule has 1 saturated heterocycles. The van der Waals surface area contributed by atoms with Gasteiger partial charge in [-0.3, -0.25) is 4.90 Å². The predicted octanol–water partition coefficient (Wildman–Crippen LogP) is 2.74. The molecule has 0 atom stereocenters. The molecule has 0 radical (unpaired) electrons. The Morgan fingerprint density at radius 3 is 2.45 bits per heavy atom. The minimum absolute atomic E-state index is 0.0562. The largest absolute Gasteiger partial charge is 0.399 e. The number of alkyl halides is 2. The number of benzene rings is 1. The molecule has 0 aromatic heterocycles. The Bertz CT molecular complexity index is 466. The first-order valence-corrected chi connectivity index (χ1v) is 7.28. The van der Waals surface area contributed by atoms with Crippen LogP contribution >= 0.6 is 0 Å². The molecular formula is C15H21F2N3. The average molecular weight is 281 g/mol. The van der Waals surface area contributed by atoms with Gasteiger partial charge in [0, 0.05) is 49.7 Å². The van der Waals surface area contributed by atoms with E-state index < -0.39 is 6.43 Å². The first-order chi connectivity index (χ1) is 9.63. The van der Waals surface area contributed by atoms with Crippen LogP contribution in [0.25, 0.3) is 0 Å². The maximum atomic E-state index is 13.1. The van der Waals surface area contributed by atoms with E-state index in [9.17, 15) is 8.78 Å². The lowest BCUT2D eigenvalue weighted by Crippen LogP contribution is -2.47. The molecule has 1 heterocycles. The molecule has 3 nitrogen and oxygen atoms in total. The molecule has 110 valence electrons. The Balaban J connectivity index is 1.67. The Morgan fingerprint density at radius 1 is 1.15 bits per heavy atom. The smallest absolute Gasteiger partial charge is 0.265 e. The van der Waals surface area contributed by atoms with Gasteiger partial charge in [0.2, 0.25) is 0 Å². The van der Waals surface area contributed by atoms with Crippen LogP contribution < -0.4 is 10.6 Å². The van der Waals surface area contributed by atoms with Gasteiger partial charge in [0.1, 0.15) is 0 Å². The molecule has 0 bridgehead atoms. The van der Waals surface area contributed by atoms with Crippen molar-refractivity contribution < 1.29 is 8.78 Å². The SMILES string of the molecule is Nc1ccc(N2CCN(CC3CC3)CC2)c(C(F)F)c1. The highest BCUT2D eigenvalue weighted by atomic mass is 19.3. The molecule has 2 N–H and O–H groups in total. The van der Waals surface area contributed by atoms with Crippen LogP contribution in [0.2, 0.25) is 0 Å². The molecule has 5 heteroatoms. The summed E-state index contributed by atoms with van der Waals surface area (Å²) in [5.41, 5.74) is 6.71. The molecule has 1 aromatic carbocycles. The molecular weight excluding hydrogens is 260 g/mol. The number of rotatable bonds is 4. The minimum Gasteiger partial charge on any atom is -0.399 e. The van der Waals surface area contributed by atoms with E-state index >= 15 is 0 Å². The lowest BCUT2D eigenvalue weighted by molar-refractivity contribution is 0.151. The summed E-state index contributed by atoms with van der Waals surface area (Å²) in [5, 5.41) is 0. The van der Waals surface area contributed by atoms with Gasteiger partial charge in [-0.25, -0.2) is 8.78 Å². The van der Waals surface area contributed by atoms with Crippen molar-refractivity contribution in [2.75, 3.05) is 43.4 Å². The average Bonchev–Trinajstić information content (AvgIpc) is 3.24. The second-order valence-electron chi connectivity index (χ2n) is 5.85. The molecule has 1 aromatic rings. The second kappa shape index (κ2) is 5.56. The van der Waals surface area contributed by atoms with E-state index in [1.165, 1.54) is 25.5 Å². The van der Waals surface area contributed by atoms with Crippen LogP contribution in [0.1, 0.15) is 24.8 Å². The fourth-order valence-electron chi connectivity index (χ4n) is 2.87. The molecule has 2 fully saturated rings. The van der Waals surface area contributed by atoms with Crippen LogP contribution in [0.3, 0.4) is 0 Å². The van der Waals surface area contributed by atoms with Crippen LogP contribution in [0, 0.1) is 5.92 Å². The third-order valence-corrected chi connectivity index (χ3v) is 4.21. The lowest BCUT2D eigenvalue weighted by atomic mass is 10.1. The Labute approximate surface area is 118 Å². The zero-order chi connectivity index (χ0) is 14.1. The first kappa shape index (κ1) is 13.6. The van der Waals surface area contributed by atoms with Crippen molar-refractivity contribution in [3.8, 4) is 0 Å². The summed E-state index contributed by atoms with van der Waals surface area (Å²) in [6, 6.07) is 4.84. The van der Waals surface area contributed by atoms with Gasteiger partial charge in [-0.15, -0.1) is 0 Å². The van der Waals surface area contributed by atoms with Crippen molar-refractivity contribution in [3.63, 3.8) is 0 Å². The van der Waals surface area contributed by atoms with E-state index in [1.807, 2.05) is 0 Å². The summed E-state index contributed by atoms with van der Waals surface area (Å²) in [4.78, 5) is 4.51. The number of anilines is 2. The molecule has 0 unspecified atom stereocenters. The van der Waals surface area contributed by atoms with Gasteiger partial charge in [0.05, 0.1) is 0 Å². The third kappa shape index (κ3) is 3.03. The van der Waals surface area contributed by atoms with Gasteiger partial charge in [-0.05, 0) is 37.0 Å². The highest BCUT2D eigenvalue weighted by molar-refractivity contribution is 5.60. The summed E-state index contributed by atoms with van der Waals surface area (Å²) in [6.45, 7) is 4.73. The number of nitrogen functional groups attached to an aromatic ring is 1. The molecule has 1 saturated carbocycles. The van der Waals surface area contributed by atoms with Gasteiger partial charge >= 0.3 is 0 Å². The van der Waals surface area contributed by atoms with Crippen molar-refractivity contribution in [2.24, 2.45) is 5.92 Å². The van der Waals surface area contributed by atoms with Gasteiger partial charge in [0.15, 0.2) is 0 Å². The summed E-state index contributed by atoms with van der Waals surface area (Å²) in [6.07, 6.45) is 0.236. The van der Waals surface area contributed by atoms with Crippen LogP contribution in [0.5, 0.6) is 0 Å². The molecule has 1 aliphatic heterocycles. The lowest BCUT2D eigenvalue weighted by Gasteiger charge is -2.37. The second-order valence-corrected chi connectivity index (χ2v) is 5.85. The van der Waals surface area contributed by atoms with Gasteiger partial charge in [-0.1, -0.05) is 0 Å². The van der Waals surface area contributed by atoms with E-state index in [4.69, 9.17) is 5.73 Å². The molecule has 2 aliphatic rings. The zero-order valence-electron chi connectivity index (χ0n) is 11.6. The van der Waals surface area contributed by atoms with Gasteiger partial charge in [0.25, 0.3) is 6.43 Å². The van der Waals surface area contributed by atoms with E-state index in [0.717, 1.165) is 32.1 Å². The number of nitrogens with zero attached hydrogens (tertiary/aromatic N) is 2. The number of hydrogen-bond acceptors (Lipinski definition) is 3. The predicted molar refractivity (Wildman–Crippen MR) is 77.2 cm³/mol. The maximum Gasteiger partial charge on any atom is 0.265 e. The molecule has 1 aliphatic carbocycles. The topological polar surface area (TPSA) is 32.5 Å². The highest BCUT2D eigenvalue weighted by Gasteiger charge is 2.27. The van der Waals surface area contributed by atoms with Crippen LogP contribution in [0.4, 0.5) is 20.2 Å². The number of nitrogens with two attached hydrogens (primary N) is 1. The van der Waals surface area contributed by atoms with E-state index in [-0.39, 0.29) is 5.56 Å². The molecule has 20 heavy (non-hydrogen) atoms. The van der Waals surface area contributed by atoms with E-state index in [2.05, 4.69) is 9.80 Å². The van der Waals surface area contributed by atoms with Crippen molar-refractivity contribution in [2.45, 2.75) is 19.3 Å². The quantitative estimate of drug-likeness (QED) is 0.861. The van der Waals surface area contributed by atoms with Crippen molar-refractivity contribution in [1.29, 1.82) is 0 Å². The molecule has 3 rings (SSSR count). The monoisotopic (exact) mass is 281 g/mol. The fraction of sp³-hybridized carbons (Fsp3) is 0.600.